The Morgan fingerprint density at radius 1 is 1.41 bits per heavy atom. The molecule has 1 amide bonds. The molecule has 5 nitrogen and oxygen atoms in total. The van der Waals surface area contributed by atoms with Crippen molar-refractivity contribution in [1.82, 2.24) is 4.98 Å². The molecule has 0 aliphatic heterocycles. The summed E-state index contributed by atoms with van der Waals surface area (Å²) in [7, 11) is 0. The molecule has 0 aromatic carbocycles. The Kier molecular flexibility index (Phi) is 2.88. The van der Waals surface area contributed by atoms with E-state index in [2.05, 4.69) is 10.3 Å². The van der Waals surface area contributed by atoms with Crippen LogP contribution in [0.1, 0.15) is 21.8 Å². The van der Waals surface area contributed by atoms with Crippen LogP contribution in [0.25, 0.3) is 0 Å². The standard InChI is InChI=1S/C12H9N3O2/c1-8-2-5-11(17-8)15-12(16)9-3-4-10(6-13)14-7-9/h2-5,7H,1H3,(H,15,16). The molecule has 2 rings (SSSR count). The summed E-state index contributed by atoms with van der Waals surface area (Å²) in [6.45, 7) is 1.79. The third-order valence-corrected chi connectivity index (χ3v) is 2.12. The number of aromatic nitrogens is 1. The van der Waals surface area contributed by atoms with Crippen molar-refractivity contribution in [2.75, 3.05) is 5.32 Å². The Bertz CT molecular complexity index is 579. The molecule has 0 aliphatic carbocycles. The van der Waals surface area contributed by atoms with Crippen molar-refractivity contribution >= 4 is 11.8 Å². The smallest absolute Gasteiger partial charge is 0.259 e. The molecular weight excluding hydrogens is 218 g/mol. The van der Waals surface area contributed by atoms with Crippen molar-refractivity contribution in [2.45, 2.75) is 6.92 Å². The monoisotopic (exact) mass is 227 g/mol. The number of rotatable bonds is 2. The molecule has 0 fully saturated rings. The SMILES string of the molecule is Cc1ccc(NC(=O)c2ccc(C#N)nc2)o1. The van der Waals surface area contributed by atoms with E-state index in [0.717, 1.165) is 5.76 Å². The van der Waals surface area contributed by atoms with Gasteiger partial charge in [0, 0.05) is 12.3 Å². The average molecular weight is 227 g/mol. The second kappa shape index (κ2) is 4.49. The van der Waals surface area contributed by atoms with E-state index in [1.165, 1.54) is 18.3 Å². The molecule has 0 saturated heterocycles. The Labute approximate surface area is 97.7 Å². The minimum atomic E-state index is -0.323. The molecule has 0 atom stereocenters. The molecule has 5 heteroatoms. The lowest BCUT2D eigenvalue weighted by Crippen LogP contribution is -2.11. The lowest BCUT2D eigenvalue weighted by atomic mass is 10.2. The number of amides is 1. The molecule has 84 valence electrons. The summed E-state index contributed by atoms with van der Waals surface area (Å²) in [4.78, 5) is 15.5. The maximum Gasteiger partial charge on any atom is 0.259 e. The van der Waals surface area contributed by atoms with Crippen LogP contribution >= 0.6 is 0 Å². The van der Waals surface area contributed by atoms with Gasteiger partial charge in [-0.15, -0.1) is 0 Å². The molecule has 0 saturated carbocycles. The first kappa shape index (κ1) is 10.9. The third kappa shape index (κ3) is 2.49. The zero-order valence-corrected chi connectivity index (χ0v) is 9.10. The van der Waals surface area contributed by atoms with Gasteiger partial charge in [-0.2, -0.15) is 5.26 Å². The van der Waals surface area contributed by atoms with Gasteiger partial charge in [-0.25, -0.2) is 4.98 Å². The number of aryl methyl sites for hydroxylation is 1. The Balaban J connectivity index is 2.12. The first-order valence-electron chi connectivity index (χ1n) is 4.93. The number of anilines is 1. The van der Waals surface area contributed by atoms with Crippen molar-refractivity contribution in [3.63, 3.8) is 0 Å². The average Bonchev–Trinajstić information content (AvgIpc) is 2.75. The molecule has 0 radical (unpaired) electrons. The van der Waals surface area contributed by atoms with E-state index in [1.807, 2.05) is 6.07 Å². The van der Waals surface area contributed by atoms with E-state index in [-0.39, 0.29) is 11.6 Å². The van der Waals surface area contributed by atoms with E-state index in [1.54, 1.807) is 19.1 Å². The summed E-state index contributed by atoms with van der Waals surface area (Å²) in [6, 6.07) is 8.34. The van der Waals surface area contributed by atoms with Crippen molar-refractivity contribution in [1.29, 1.82) is 5.26 Å². The summed E-state index contributed by atoms with van der Waals surface area (Å²) in [5, 5.41) is 11.2. The molecule has 17 heavy (non-hydrogen) atoms. The normalized spacial score (nSPS) is 9.65. The van der Waals surface area contributed by atoms with E-state index in [0.29, 0.717) is 11.4 Å². The molecule has 0 unspecified atom stereocenters. The first-order valence-corrected chi connectivity index (χ1v) is 4.93. The highest BCUT2D eigenvalue weighted by atomic mass is 16.4. The molecule has 2 heterocycles. The van der Waals surface area contributed by atoms with Crippen LogP contribution in [-0.4, -0.2) is 10.9 Å². The van der Waals surface area contributed by atoms with E-state index < -0.39 is 0 Å². The molecular formula is C12H9N3O2. The predicted octanol–water partition coefficient (Wildman–Crippen LogP) is 2.11. The summed E-state index contributed by atoms with van der Waals surface area (Å²) < 4.78 is 5.22. The van der Waals surface area contributed by atoms with E-state index in [9.17, 15) is 4.79 Å². The number of nitriles is 1. The number of furan rings is 1. The third-order valence-electron chi connectivity index (χ3n) is 2.12. The van der Waals surface area contributed by atoms with Gasteiger partial charge in [0.25, 0.3) is 5.91 Å². The largest absolute Gasteiger partial charge is 0.446 e. The molecule has 0 spiro atoms. The molecule has 2 aromatic rings. The summed E-state index contributed by atoms with van der Waals surface area (Å²) >= 11 is 0. The number of pyridine rings is 1. The van der Waals surface area contributed by atoms with Gasteiger partial charge >= 0.3 is 0 Å². The summed E-state index contributed by atoms with van der Waals surface area (Å²) in [5.41, 5.74) is 0.647. The maximum absolute atomic E-state index is 11.7. The number of carbonyl (C=O) groups excluding carboxylic acids is 1. The number of nitrogens with one attached hydrogen (secondary N) is 1. The predicted molar refractivity (Wildman–Crippen MR) is 60.4 cm³/mol. The minimum Gasteiger partial charge on any atom is -0.446 e. The van der Waals surface area contributed by atoms with Crippen molar-refractivity contribution in [3.8, 4) is 6.07 Å². The highest BCUT2D eigenvalue weighted by molar-refractivity contribution is 6.03. The zero-order chi connectivity index (χ0) is 12.3. The van der Waals surface area contributed by atoms with Gasteiger partial charge in [-0.3, -0.25) is 10.1 Å². The van der Waals surface area contributed by atoms with Crippen molar-refractivity contribution in [2.24, 2.45) is 0 Å². The van der Waals surface area contributed by atoms with Crippen molar-refractivity contribution in [3.05, 3.63) is 47.5 Å². The van der Waals surface area contributed by atoms with Crippen LogP contribution in [0.5, 0.6) is 0 Å². The van der Waals surface area contributed by atoms with E-state index in [4.69, 9.17) is 9.68 Å². The highest BCUT2D eigenvalue weighted by Gasteiger charge is 2.08. The van der Waals surface area contributed by atoms with Crippen LogP contribution in [0.2, 0.25) is 0 Å². The van der Waals surface area contributed by atoms with Gasteiger partial charge in [0.05, 0.1) is 5.56 Å². The summed E-state index contributed by atoms with van der Waals surface area (Å²) in [6.07, 6.45) is 1.35. The van der Waals surface area contributed by atoms with Crippen LogP contribution in [0.4, 0.5) is 5.88 Å². The second-order valence-electron chi connectivity index (χ2n) is 3.41. The lowest BCUT2D eigenvalue weighted by Gasteiger charge is -2.01. The second-order valence-corrected chi connectivity index (χ2v) is 3.41. The van der Waals surface area contributed by atoms with Gasteiger partial charge in [0.2, 0.25) is 0 Å². The topological polar surface area (TPSA) is 78.9 Å². The van der Waals surface area contributed by atoms with Crippen LogP contribution in [-0.2, 0) is 0 Å². The lowest BCUT2D eigenvalue weighted by molar-refractivity contribution is 0.102. The van der Waals surface area contributed by atoms with Crippen LogP contribution < -0.4 is 5.32 Å². The van der Waals surface area contributed by atoms with Crippen molar-refractivity contribution < 1.29 is 9.21 Å². The fourth-order valence-electron chi connectivity index (χ4n) is 1.28. The van der Waals surface area contributed by atoms with Gasteiger partial charge in [0.15, 0.2) is 5.88 Å². The minimum absolute atomic E-state index is 0.274. The number of carbonyl (C=O) groups is 1. The Morgan fingerprint density at radius 2 is 2.24 bits per heavy atom. The highest BCUT2D eigenvalue weighted by Crippen LogP contribution is 2.13. The van der Waals surface area contributed by atoms with Gasteiger partial charge < -0.3 is 4.42 Å². The van der Waals surface area contributed by atoms with E-state index >= 15 is 0 Å². The molecule has 0 bridgehead atoms. The summed E-state index contributed by atoms with van der Waals surface area (Å²) in [5.74, 6) is 0.784. The first-order chi connectivity index (χ1) is 8.19. The number of hydrogen-bond donors (Lipinski definition) is 1. The number of hydrogen-bond acceptors (Lipinski definition) is 4. The van der Waals surface area contributed by atoms with Crippen LogP contribution in [0, 0.1) is 18.3 Å². The van der Waals surface area contributed by atoms with Gasteiger partial charge in [0.1, 0.15) is 17.5 Å². The molecule has 1 N–H and O–H groups in total. The number of nitrogens with zero attached hydrogens (tertiary/aromatic N) is 2. The molecule has 2 aromatic heterocycles. The fourth-order valence-corrected chi connectivity index (χ4v) is 1.28. The van der Waals surface area contributed by atoms with Crippen LogP contribution in [0.15, 0.2) is 34.9 Å². The molecule has 0 aliphatic rings. The quantitative estimate of drug-likeness (QED) is 0.852. The Hall–Kier alpha value is -2.61. The van der Waals surface area contributed by atoms with Gasteiger partial charge in [-0.05, 0) is 25.1 Å². The zero-order valence-electron chi connectivity index (χ0n) is 9.10. The van der Waals surface area contributed by atoms with Crippen LogP contribution in [0.3, 0.4) is 0 Å². The maximum atomic E-state index is 11.7. The fraction of sp³-hybridized carbons (Fsp3) is 0.0833. The van der Waals surface area contributed by atoms with Gasteiger partial charge in [-0.1, -0.05) is 0 Å². The Morgan fingerprint density at radius 3 is 2.76 bits per heavy atom.